The Morgan fingerprint density at radius 1 is 1.18 bits per heavy atom. The fraction of sp³-hybridized carbons (Fsp3) is 0.278. The van der Waals surface area contributed by atoms with Crippen molar-refractivity contribution in [3.8, 4) is 5.75 Å². The van der Waals surface area contributed by atoms with E-state index in [1.54, 1.807) is 24.3 Å². The molecule has 0 aliphatic carbocycles. The van der Waals surface area contributed by atoms with Crippen LogP contribution in [0.2, 0.25) is 5.02 Å². The molecular weight excluding hydrogens is 298 g/mol. The van der Waals surface area contributed by atoms with Crippen LogP contribution in [0.4, 0.5) is 5.69 Å². The molecule has 0 heterocycles. The van der Waals surface area contributed by atoms with E-state index >= 15 is 0 Å². The Balaban J connectivity index is 2.08. The molecule has 2 aromatic carbocycles. The third-order valence-electron chi connectivity index (χ3n) is 3.23. The van der Waals surface area contributed by atoms with Crippen LogP contribution in [0.15, 0.2) is 42.5 Å². The van der Waals surface area contributed by atoms with E-state index in [2.05, 4.69) is 11.4 Å². The lowest BCUT2D eigenvalue weighted by Gasteiger charge is -2.18. The molecule has 2 aromatic rings. The maximum absolute atomic E-state index is 12.4. The predicted molar refractivity (Wildman–Crippen MR) is 90.7 cm³/mol. The second kappa shape index (κ2) is 7.32. The lowest BCUT2D eigenvalue weighted by atomic mass is 10.1. The molecule has 0 fully saturated rings. The van der Waals surface area contributed by atoms with Crippen molar-refractivity contribution in [1.29, 1.82) is 0 Å². The number of rotatable bonds is 5. The second-order valence-corrected chi connectivity index (χ2v) is 5.77. The molecule has 3 nitrogen and oxygen atoms in total. The topological polar surface area (TPSA) is 38.3 Å². The van der Waals surface area contributed by atoms with Gasteiger partial charge in [-0.05, 0) is 61.7 Å². The highest BCUT2D eigenvalue weighted by atomic mass is 35.5. The molecule has 0 unspecified atom stereocenters. The van der Waals surface area contributed by atoms with Crippen molar-refractivity contribution in [2.24, 2.45) is 0 Å². The van der Waals surface area contributed by atoms with E-state index in [0.717, 1.165) is 16.8 Å². The Kier molecular flexibility index (Phi) is 5.45. The Morgan fingerprint density at radius 2 is 1.86 bits per heavy atom. The molecule has 22 heavy (non-hydrogen) atoms. The van der Waals surface area contributed by atoms with Gasteiger partial charge in [0.05, 0.1) is 0 Å². The molecule has 0 saturated heterocycles. The molecule has 1 N–H and O–H groups in total. The van der Waals surface area contributed by atoms with Gasteiger partial charge in [0.1, 0.15) is 5.75 Å². The quantitative estimate of drug-likeness (QED) is 0.864. The summed E-state index contributed by atoms with van der Waals surface area (Å²) in [4.78, 5) is 12.4. The summed E-state index contributed by atoms with van der Waals surface area (Å²) in [5, 5.41) is 3.50. The van der Waals surface area contributed by atoms with Crippen molar-refractivity contribution in [2.45, 2.75) is 33.3 Å². The zero-order valence-electron chi connectivity index (χ0n) is 13.0. The van der Waals surface area contributed by atoms with Gasteiger partial charge in [0.2, 0.25) is 0 Å². The highest BCUT2D eigenvalue weighted by molar-refractivity contribution is 6.30. The number of hydrogen-bond donors (Lipinski definition) is 1. The molecular formula is C18H20ClNO2. The fourth-order valence-electron chi connectivity index (χ4n) is 2.30. The number of ether oxygens (including phenoxy) is 1. The van der Waals surface area contributed by atoms with Crippen molar-refractivity contribution in [3.05, 3.63) is 58.6 Å². The van der Waals surface area contributed by atoms with Gasteiger partial charge in [-0.25, -0.2) is 0 Å². The van der Waals surface area contributed by atoms with Crippen LogP contribution < -0.4 is 10.1 Å². The molecule has 0 saturated carbocycles. The van der Waals surface area contributed by atoms with Gasteiger partial charge in [0.25, 0.3) is 5.91 Å². The lowest BCUT2D eigenvalue weighted by Crippen LogP contribution is -2.32. The summed E-state index contributed by atoms with van der Waals surface area (Å²) in [6.45, 7) is 5.92. The molecule has 0 bridgehead atoms. The van der Waals surface area contributed by atoms with Crippen molar-refractivity contribution in [3.63, 3.8) is 0 Å². The van der Waals surface area contributed by atoms with Gasteiger partial charge in [0, 0.05) is 10.7 Å². The number of benzene rings is 2. The zero-order chi connectivity index (χ0) is 16.1. The van der Waals surface area contributed by atoms with E-state index < -0.39 is 6.10 Å². The molecule has 0 spiro atoms. The minimum atomic E-state index is -0.556. The average molecular weight is 318 g/mol. The van der Waals surface area contributed by atoms with Crippen LogP contribution in [-0.2, 0) is 4.79 Å². The van der Waals surface area contributed by atoms with Gasteiger partial charge >= 0.3 is 0 Å². The van der Waals surface area contributed by atoms with Crippen molar-refractivity contribution in [2.75, 3.05) is 5.32 Å². The van der Waals surface area contributed by atoms with E-state index in [-0.39, 0.29) is 5.91 Å². The Hall–Kier alpha value is -2.00. The molecule has 0 aromatic heterocycles. The first-order chi connectivity index (χ1) is 10.5. The number of carbonyl (C=O) groups is 1. The van der Waals surface area contributed by atoms with Crippen LogP contribution in [0.5, 0.6) is 5.75 Å². The van der Waals surface area contributed by atoms with Crippen LogP contribution in [0.1, 0.15) is 24.5 Å². The summed E-state index contributed by atoms with van der Waals surface area (Å²) in [6, 6.07) is 13.0. The van der Waals surface area contributed by atoms with Crippen molar-refractivity contribution in [1.82, 2.24) is 0 Å². The van der Waals surface area contributed by atoms with E-state index in [1.807, 2.05) is 32.9 Å². The second-order valence-electron chi connectivity index (χ2n) is 5.34. The minimum absolute atomic E-state index is 0.160. The number of aryl methyl sites for hydroxylation is 2. The van der Waals surface area contributed by atoms with Gasteiger partial charge < -0.3 is 10.1 Å². The smallest absolute Gasteiger partial charge is 0.265 e. The van der Waals surface area contributed by atoms with Gasteiger partial charge in [-0.15, -0.1) is 0 Å². The largest absolute Gasteiger partial charge is 0.481 e. The van der Waals surface area contributed by atoms with E-state index in [0.29, 0.717) is 17.2 Å². The SMILES string of the molecule is CC[C@@H](Oc1cccc(Cl)c1)C(=O)Nc1cc(C)cc(C)c1. The van der Waals surface area contributed by atoms with Crippen LogP contribution in [0, 0.1) is 13.8 Å². The summed E-state index contributed by atoms with van der Waals surface area (Å²) < 4.78 is 5.74. The normalized spacial score (nSPS) is 11.8. The number of hydrogen-bond acceptors (Lipinski definition) is 2. The molecule has 1 amide bonds. The Labute approximate surface area is 136 Å². The van der Waals surface area contributed by atoms with Crippen LogP contribution in [0.3, 0.4) is 0 Å². The minimum Gasteiger partial charge on any atom is -0.481 e. The van der Waals surface area contributed by atoms with Gasteiger partial charge in [-0.3, -0.25) is 4.79 Å². The van der Waals surface area contributed by atoms with Gasteiger partial charge in [0.15, 0.2) is 6.10 Å². The Bertz CT molecular complexity index is 650. The number of anilines is 1. The van der Waals surface area contributed by atoms with Crippen LogP contribution in [-0.4, -0.2) is 12.0 Å². The molecule has 2 rings (SSSR count). The van der Waals surface area contributed by atoms with Gasteiger partial charge in [-0.2, -0.15) is 0 Å². The lowest BCUT2D eigenvalue weighted by molar-refractivity contribution is -0.122. The standard InChI is InChI=1S/C18H20ClNO2/c1-4-17(22-16-7-5-6-14(19)11-16)18(21)20-15-9-12(2)8-13(3)10-15/h5-11,17H,4H2,1-3H3,(H,20,21)/t17-/m1/s1. The van der Waals surface area contributed by atoms with Gasteiger partial charge in [-0.1, -0.05) is 30.7 Å². The van der Waals surface area contributed by atoms with E-state index in [4.69, 9.17) is 16.3 Å². The van der Waals surface area contributed by atoms with E-state index in [1.165, 1.54) is 0 Å². The van der Waals surface area contributed by atoms with Crippen molar-refractivity contribution < 1.29 is 9.53 Å². The first-order valence-electron chi connectivity index (χ1n) is 7.29. The average Bonchev–Trinajstić information content (AvgIpc) is 2.43. The summed E-state index contributed by atoms with van der Waals surface area (Å²) in [5.74, 6) is 0.433. The fourth-order valence-corrected chi connectivity index (χ4v) is 2.48. The van der Waals surface area contributed by atoms with E-state index in [9.17, 15) is 4.79 Å². The summed E-state index contributed by atoms with van der Waals surface area (Å²) in [6.07, 6.45) is 0.0163. The molecule has 1 atom stereocenters. The molecule has 4 heteroatoms. The number of nitrogens with one attached hydrogen (secondary N) is 1. The monoisotopic (exact) mass is 317 g/mol. The third-order valence-corrected chi connectivity index (χ3v) is 3.46. The van der Waals surface area contributed by atoms with Crippen LogP contribution in [0.25, 0.3) is 0 Å². The Morgan fingerprint density at radius 3 is 2.45 bits per heavy atom. The highest BCUT2D eigenvalue weighted by Crippen LogP contribution is 2.20. The zero-order valence-corrected chi connectivity index (χ0v) is 13.8. The third kappa shape index (κ3) is 4.50. The summed E-state index contributed by atoms with van der Waals surface area (Å²) in [7, 11) is 0. The molecule has 0 aliphatic rings. The van der Waals surface area contributed by atoms with Crippen molar-refractivity contribution >= 4 is 23.2 Å². The predicted octanol–water partition coefficient (Wildman–Crippen LogP) is 4.75. The number of carbonyl (C=O) groups excluding carboxylic acids is 1. The first kappa shape index (κ1) is 16.4. The highest BCUT2D eigenvalue weighted by Gasteiger charge is 2.18. The first-order valence-corrected chi connectivity index (χ1v) is 7.67. The van der Waals surface area contributed by atoms with Crippen LogP contribution >= 0.6 is 11.6 Å². The molecule has 0 radical (unpaired) electrons. The maximum atomic E-state index is 12.4. The summed E-state index contributed by atoms with van der Waals surface area (Å²) in [5.41, 5.74) is 3.01. The number of amides is 1. The molecule has 116 valence electrons. The number of halogens is 1. The molecule has 0 aliphatic heterocycles. The maximum Gasteiger partial charge on any atom is 0.265 e. The summed E-state index contributed by atoms with van der Waals surface area (Å²) >= 11 is 5.94.